The second kappa shape index (κ2) is 14.8. The lowest BCUT2D eigenvalue weighted by molar-refractivity contribution is -0.118. The van der Waals surface area contributed by atoms with E-state index in [4.69, 9.17) is 21.3 Å². The zero-order chi connectivity index (χ0) is 23.6. The highest BCUT2D eigenvalue weighted by Crippen LogP contribution is 2.34. The number of rotatable bonds is 13. The number of hydrogen-bond donors (Lipinski definition) is 0. The number of likely N-dealkylation sites (N-methyl/N-ethyl adjacent to an activating group) is 1. The van der Waals surface area contributed by atoms with Gasteiger partial charge in [-0.2, -0.15) is 0 Å². The van der Waals surface area contributed by atoms with Gasteiger partial charge < -0.3 is 9.64 Å². The van der Waals surface area contributed by atoms with E-state index >= 15 is 0 Å². The molecular weight excluding hydrogens is 509 g/mol. The van der Waals surface area contributed by atoms with Crippen LogP contribution in [0.3, 0.4) is 0 Å². The molecule has 0 aliphatic rings. The quantitative estimate of drug-likeness (QED) is 0.172. The van der Waals surface area contributed by atoms with Gasteiger partial charge in [0.25, 0.3) is 0 Å². The number of fused-ring (bicyclic) bond motifs is 1. The molecular formula is C25H33Cl2N3O2S2. The number of anilines is 1. The topological polar surface area (TPSA) is 45.7 Å². The zero-order valence-electron chi connectivity index (χ0n) is 20.0. The first kappa shape index (κ1) is 28.7. The summed E-state index contributed by atoms with van der Waals surface area (Å²) in [7, 11) is 0. The van der Waals surface area contributed by atoms with Crippen molar-refractivity contribution in [2.24, 2.45) is 0 Å². The van der Waals surface area contributed by atoms with Crippen LogP contribution in [0.1, 0.15) is 33.6 Å². The van der Waals surface area contributed by atoms with E-state index < -0.39 is 0 Å². The second-order valence-electron chi connectivity index (χ2n) is 7.51. The van der Waals surface area contributed by atoms with Crippen LogP contribution in [0, 0.1) is 0 Å². The van der Waals surface area contributed by atoms with Gasteiger partial charge in [0.1, 0.15) is 11.3 Å². The summed E-state index contributed by atoms with van der Waals surface area (Å²) in [6, 6.07) is 13.8. The number of carbonyl (C=O) groups excluding carboxylic acids is 1. The molecule has 1 aromatic heterocycles. The van der Waals surface area contributed by atoms with Gasteiger partial charge in [0.05, 0.1) is 11.3 Å². The molecule has 0 N–H and O–H groups in total. The Bertz CT molecular complexity index is 1030. The van der Waals surface area contributed by atoms with Crippen molar-refractivity contribution in [3.05, 3.63) is 47.5 Å². The third-order valence-electron chi connectivity index (χ3n) is 5.35. The highest BCUT2D eigenvalue weighted by Gasteiger charge is 2.21. The highest BCUT2D eigenvalue weighted by atomic mass is 35.5. The van der Waals surface area contributed by atoms with Crippen molar-refractivity contribution in [2.45, 2.75) is 38.5 Å². The Balaban J connectivity index is 0.00000408. The Morgan fingerprint density at radius 2 is 1.82 bits per heavy atom. The lowest BCUT2D eigenvalue weighted by Crippen LogP contribution is -2.38. The molecule has 0 unspecified atom stereocenters. The molecule has 0 fully saturated rings. The maximum absolute atomic E-state index is 13.3. The van der Waals surface area contributed by atoms with Gasteiger partial charge in [-0.05, 0) is 68.6 Å². The fourth-order valence-corrected chi connectivity index (χ4v) is 5.49. The van der Waals surface area contributed by atoms with Gasteiger partial charge in [0.2, 0.25) is 5.91 Å². The van der Waals surface area contributed by atoms with Gasteiger partial charge in [-0.3, -0.25) is 9.69 Å². The lowest BCUT2D eigenvalue weighted by atomic mass is 10.3. The van der Waals surface area contributed by atoms with Crippen molar-refractivity contribution < 1.29 is 9.53 Å². The van der Waals surface area contributed by atoms with E-state index in [2.05, 4.69) is 18.7 Å². The first-order valence-corrected chi connectivity index (χ1v) is 13.7. The summed E-state index contributed by atoms with van der Waals surface area (Å²) in [5.41, 5.74) is 0.832. The number of amides is 1. The van der Waals surface area contributed by atoms with E-state index in [9.17, 15) is 4.79 Å². The molecule has 5 nitrogen and oxygen atoms in total. The number of benzene rings is 2. The van der Waals surface area contributed by atoms with Crippen LogP contribution >= 0.6 is 47.1 Å². The number of halogens is 2. The van der Waals surface area contributed by atoms with Crippen LogP contribution in [0.25, 0.3) is 10.2 Å². The molecule has 0 aliphatic heterocycles. The SMILES string of the molecule is CCOc1cccc2sc(N(CCN(CC)CC)C(=O)CCCSc3ccc(Cl)cc3)nc12.Cl. The average Bonchev–Trinajstić information content (AvgIpc) is 3.26. The Morgan fingerprint density at radius 3 is 2.50 bits per heavy atom. The van der Waals surface area contributed by atoms with Crippen molar-refractivity contribution >= 4 is 68.4 Å². The van der Waals surface area contributed by atoms with Crippen molar-refractivity contribution in [2.75, 3.05) is 43.4 Å². The summed E-state index contributed by atoms with van der Waals surface area (Å²) < 4.78 is 6.79. The van der Waals surface area contributed by atoms with Crippen LogP contribution < -0.4 is 9.64 Å². The molecule has 1 heterocycles. The van der Waals surface area contributed by atoms with Gasteiger partial charge in [-0.25, -0.2) is 4.98 Å². The third kappa shape index (κ3) is 8.02. The summed E-state index contributed by atoms with van der Waals surface area (Å²) in [4.78, 5) is 23.5. The fourth-order valence-electron chi connectivity index (χ4n) is 3.49. The second-order valence-corrected chi connectivity index (χ2v) is 10.1. The van der Waals surface area contributed by atoms with E-state index in [0.29, 0.717) is 19.6 Å². The smallest absolute Gasteiger partial charge is 0.228 e. The molecule has 186 valence electrons. The summed E-state index contributed by atoms with van der Waals surface area (Å²) in [5.74, 6) is 1.77. The summed E-state index contributed by atoms with van der Waals surface area (Å²) in [6.07, 6.45) is 1.30. The summed E-state index contributed by atoms with van der Waals surface area (Å²) in [6.45, 7) is 10.2. The van der Waals surface area contributed by atoms with Crippen LogP contribution in [-0.4, -0.2) is 54.3 Å². The minimum atomic E-state index is 0. The first-order valence-electron chi connectivity index (χ1n) is 11.5. The Labute approximate surface area is 222 Å². The van der Waals surface area contributed by atoms with Gasteiger partial charge in [-0.15, -0.1) is 24.2 Å². The molecule has 1 amide bonds. The van der Waals surface area contributed by atoms with Crippen molar-refractivity contribution in [1.29, 1.82) is 0 Å². The minimum absolute atomic E-state index is 0. The molecule has 0 radical (unpaired) electrons. The molecule has 3 aromatic rings. The fraction of sp³-hybridized carbons (Fsp3) is 0.440. The van der Waals surface area contributed by atoms with E-state index in [1.165, 1.54) is 4.90 Å². The summed E-state index contributed by atoms with van der Waals surface area (Å²) in [5, 5.41) is 1.49. The van der Waals surface area contributed by atoms with Crippen LogP contribution in [0.5, 0.6) is 5.75 Å². The molecule has 0 aliphatic carbocycles. The number of thiazole rings is 1. The van der Waals surface area contributed by atoms with Gasteiger partial charge in [0.15, 0.2) is 5.13 Å². The zero-order valence-corrected chi connectivity index (χ0v) is 23.2. The number of hydrogen-bond acceptors (Lipinski definition) is 6. The molecule has 0 saturated carbocycles. The highest BCUT2D eigenvalue weighted by molar-refractivity contribution is 7.99. The van der Waals surface area contributed by atoms with Crippen molar-refractivity contribution in [3.63, 3.8) is 0 Å². The maximum atomic E-state index is 13.3. The third-order valence-corrected chi connectivity index (χ3v) is 7.75. The van der Waals surface area contributed by atoms with E-state index in [1.54, 1.807) is 23.1 Å². The maximum Gasteiger partial charge on any atom is 0.228 e. The Kier molecular flexibility index (Phi) is 12.5. The Morgan fingerprint density at radius 1 is 1.09 bits per heavy atom. The predicted octanol–water partition coefficient (Wildman–Crippen LogP) is 7.02. The lowest BCUT2D eigenvalue weighted by Gasteiger charge is -2.24. The molecule has 3 rings (SSSR count). The van der Waals surface area contributed by atoms with Crippen LogP contribution in [0.15, 0.2) is 47.4 Å². The molecule has 0 bridgehead atoms. The van der Waals surface area contributed by atoms with Crippen molar-refractivity contribution in [1.82, 2.24) is 9.88 Å². The monoisotopic (exact) mass is 541 g/mol. The first-order chi connectivity index (χ1) is 16.0. The molecule has 0 spiro atoms. The molecule has 0 atom stereocenters. The number of nitrogens with zero attached hydrogens (tertiary/aromatic N) is 3. The van der Waals surface area contributed by atoms with Crippen LogP contribution in [0.4, 0.5) is 5.13 Å². The predicted molar refractivity (Wildman–Crippen MR) is 150 cm³/mol. The number of thioether (sulfide) groups is 1. The standard InChI is InChI=1S/C25H32ClN3O2S2.ClH/c1-4-28(5-2)16-17-29(23(30)11-8-18-32-20-14-12-19(26)13-15-20)25-27-24-21(31-6-3)9-7-10-22(24)33-25;/h7,9-10,12-15H,4-6,8,11,16-18H2,1-3H3;1H. The van der Waals surface area contributed by atoms with E-state index in [-0.39, 0.29) is 18.3 Å². The normalized spacial score (nSPS) is 11.0. The number of ether oxygens (including phenoxy) is 1. The van der Waals surface area contributed by atoms with Crippen LogP contribution in [-0.2, 0) is 4.79 Å². The van der Waals surface area contributed by atoms with Crippen molar-refractivity contribution in [3.8, 4) is 5.75 Å². The largest absolute Gasteiger partial charge is 0.492 e. The van der Waals surface area contributed by atoms with Crippen LogP contribution in [0.2, 0.25) is 5.02 Å². The molecule has 0 saturated heterocycles. The average molecular weight is 543 g/mol. The minimum Gasteiger partial charge on any atom is -0.492 e. The number of aromatic nitrogens is 1. The van der Waals surface area contributed by atoms with E-state index in [0.717, 1.165) is 57.9 Å². The molecule has 2 aromatic carbocycles. The van der Waals surface area contributed by atoms with Gasteiger partial charge in [-0.1, -0.05) is 42.9 Å². The summed E-state index contributed by atoms with van der Waals surface area (Å²) >= 11 is 9.27. The van der Waals surface area contributed by atoms with Gasteiger partial charge >= 0.3 is 0 Å². The Hall–Kier alpha value is -1.51. The number of para-hydroxylation sites is 1. The molecule has 34 heavy (non-hydrogen) atoms. The number of carbonyl (C=O) groups is 1. The van der Waals surface area contributed by atoms with E-state index in [1.807, 2.05) is 54.3 Å². The van der Waals surface area contributed by atoms with Gasteiger partial charge in [0, 0.05) is 29.4 Å². The molecule has 9 heteroatoms.